The SMILES string of the molecule is Cc1cccc(NC(=O)c2ccoc2C)c1C(N)=S. The molecular weight excluding hydrogens is 260 g/mol. The molecule has 0 bridgehead atoms. The van der Waals surface area contributed by atoms with Gasteiger partial charge in [0.25, 0.3) is 5.91 Å². The molecule has 0 spiro atoms. The van der Waals surface area contributed by atoms with Gasteiger partial charge in [-0.05, 0) is 31.5 Å². The van der Waals surface area contributed by atoms with Crippen LogP contribution >= 0.6 is 12.2 Å². The zero-order chi connectivity index (χ0) is 14.0. The predicted molar refractivity (Wildman–Crippen MR) is 78.5 cm³/mol. The third-order valence-electron chi connectivity index (χ3n) is 2.87. The number of hydrogen-bond donors (Lipinski definition) is 2. The van der Waals surface area contributed by atoms with Crippen LogP contribution in [0.3, 0.4) is 0 Å². The summed E-state index contributed by atoms with van der Waals surface area (Å²) in [7, 11) is 0. The van der Waals surface area contributed by atoms with Gasteiger partial charge >= 0.3 is 0 Å². The first-order valence-electron chi connectivity index (χ1n) is 5.75. The van der Waals surface area contributed by atoms with Crippen molar-refractivity contribution >= 4 is 28.8 Å². The van der Waals surface area contributed by atoms with Crippen molar-refractivity contribution in [1.82, 2.24) is 0 Å². The van der Waals surface area contributed by atoms with E-state index in [-0.39, 0.29) is 10.9 Å². The molecule has 0 aliphatic heterocycles. The number of carbonyl (C=O) groups excluding carboxylic acids is 1. The Kier molecular flexibility index (Phi) is 3.66. The molecule has 0 radical (unpaired) electrons. The van der Waals surface area contributed by atoms with Crippen LogP contribution in [0.1, 0.15) is 27.2 Å². The third-order valence-corrected chi connectivity index (χ3v) is 3.07. The molecule has 4 nitrogen and oxygen atoms in total. The molecular formula is C14H14N2O2S. The Morgan fingerprint density at radius 3 is 2.63 bits per heavy atom. The maximum Gasteiger partial charge on any atom is 0.259 e. The van der Waals surface area contributed by atoms with Gasteiger partial charge in [-0.15, -0.1) is 0 Å². The lowest BCUT2D eigenvalue weighted by atomic mass is 10.1. The van der Waals surface area contributed by atoms with Crippen molar-refractivity contribution in [3.63, 3.8) is 0 Å². The number of anilines is 1. The van der Waals surface area contributed by atoms with Gasteiger partial charge in [0.05, 0.1) is 17.5 Å². The fourth-order valence-corrected chi connectivity index (χ4v) is 2.18. The minimum absolute atomic E-state index is 0.241. The van der Waals surface area contributed by atoms with Gasteiger partial charge in [0, 0.05) is 5.56 Å². The summed E-state index contributed by atoms with van der Waals surface area (Å²) in [6.45, 7) is 3.63. The van der Waals surface area contributed by atoms with Crippen molar-refractivity contribution in [3.05, 3.63) is 53.0 Å². The topological polar surface area (TPSA) is 68.3 Å². The van der Waals surface area contributed by atoms with Crippen LogP contribution in [0.15, 0.2) is 34.9 Å². The Bertz CT molecular complexity index is 647. The first-order chi connectivity index (χ1) is 9.00. The summed E-state index contributed by atoms with van der Waals surface area (Å²) >= 11 is 5.02. The average molecular weight is 274 g/mol. The summed E-state index contributed by atoms with van der Waals surface area (Å²) in [6.07, 6.45) is 1.48. The Morgan fingerprint density at radius 1 is 1.32 bits per heavy atom. The molecule has 3 N–H and O–H groups in total. The summed E-state index contributed by atoms with van der Waals surface area (Å²) in [5, 5.41) is 2.81. The van der Waals surface area contributed by atoms with E-state index in [1.807, 2.05) is 19.1 Å². The van der Waals surface area contributed by atoms with Gasteiger partial charge in [0.2, 0.25) is 0 Å². The van der Waals surface area contributed by atoms with Crippen molar-refractivity contribution in [2.24, 2.45) is 5.73 Å². The molecule has 0 saturated heterocycles. The van der Waals surface area contributed by atoms with E-state index in [0.29, 0.717) is 22.6 Å². The van der Waals surface area contributed by atoms with Crippen molar-refractivity contribution in [1.29, 1.82) is 0 Å². The van der Waals surface area contributed by atoms with E-state index in [1.165, 1.54) is 6.26 Å². The average Bonchev–Trinajstić information content (AvgIpc) is 2.75. The zero-order valence-corrected chi connectivity index (χ0v) is 11.5. The fourth-order valence-electron chi connectivity index (χ4n) is 1.91. The van der Waals surface area contributed by atoms with Crippen LogP contribution < -0.4 is 11.1 Å². The Balaban J connectivity index is 2.35. The van der Waals surface area contributed by atoms with E-state index in [1.54, 1.807) is 19.1 Å². The molecule has 98 valence electrons. The van der Waals surface area contributed by atoms with Crippen LogP contribution in [0.25, 0.3) is 0 Å². The highest BCUT2D eigenvalue weighted by molar-refractivity contribution is 7.80. The molecule has 5 heteroatoms. The highest BCUT2D eigenvalue weighted by atomic mass is 32.1. The van der Waals surface area contributed by atoms with Gasteiger partial charge in [-0.3, -0.25) is 4.79 Å². The lowest BCUT2D eigenvalue weighted by molar-refractivity contribution is 0.102. The highest BCUT2D eigenvalue weighted by Crippen LogP contribution is 2.21. The lowest BCUT2D eigenvalue weighted by Gasteiger charge is -2.12. The largest absolute Gasteiger partial charge is 0.469 e. The molecule has 0 unspecified atom stereocenters. The molecule has 0 aliphatic rings. The molecule has 0 atom stereocenters. The fraction of sp³-hybridized carbons (Fsp3) is 0.143. The summed E-state index contributed by atoms with van der Waals surface area (Å²) in [6, 6.07) is 7.14. The van der Waals surface area contributed by atoms with Crippen molar-refractivity contribution in [3.8, 4) is 0 Å². The van der Waals surface area contributed by atoms with Crippen LogP contribution in [0.4, 0.5) is 5.69 Å². The van der Waals surface area contributed by atoms with E-state index < -0.39 is 0 Å². The number of benzene rings is 1. The van der Waals surface area contributed by atoms with Gasteiger partial charge < -0.3 is 15.5 Å². The van der Waals surface area contributed by atoms with Gasteiger partial charge in [-0.25, -0.2) is 0 Å². The first-order valence-corrected chi connectivity index (χ1v) is 6.16. The van der Waals surface area contributed by atoms with Crippen LogP contribution in [-0.2, 0) is 0 Å². The number of hydrogen-bond acceptors (Lipinski definition) is 3. The molecule has 1 aromatic heterocycles. The number of carbonyl (C=O) groups is 1. The first kappa shape index (κ1) is 13.3. The highest BCUT2D eigenvalue weighted by Gasteiger charge is 2.15. The number of rotatable bonds is 3. The van der Waals surface area contributed by atoms with Crippen LogP contribution in [0.5, 0.6) is 0 Å². The van der Waals surface area contributed by atoms with Gasteiger partial charge in [0.1, 0.15) is 10.7 Å². The van der Waals surface area contributed by atoms with Gasteiger partial charge in [0.15, 0.2) is 0 Å². The van der Waals surface area contributed by atoms with Crippen LogP contribution in [0.2, 0.25) is 0 Å². The molecule has 1 aromatic carbocycles. The lowest BCUT2D eigenvalue weighted by Crippen LogP contribution is -2.18. The summed E-state index contributed by atoms with van der Waals surface area (Å²) in [5.74, 6) is 0.330. The number of thiocarbonyl (C=S) groups is 1. The second-order valence-electron chi connectivity index (χ2n) is 4.21. The summed E-state index contributed by atoms with van der Waals surface area (Å²) in [5.41, 5.74) is 8.42. The molecule has 0 saturated carbocycles. The normalized spacial score (nSPS) is 10.2. The smallest absolute Gasteiger partial charge is 0.259 e. The Morgan fingerprint density at radius 2 is 2.05 bits per heavy atom. The number of furan rings is 1. The van der Waals surface area contributed by atoms with Gasteiger partial charge in [-0.1, -0.05) is 24.4 Å². The summed E-state index contributed by atoms with van der Waals surface area (Å²) in [4.78, 5) is 12.4. The molecule has 0 aliphatic carbocycles. The monoisotopic (exact) mass is 274 g/mol. The second-order valence-corrected chi connectivity index (χ2v) is 4.65. The minimum atomic E-state index is -0.241. The number of nitrogens with one attached hydrogen (secondary N) is 1. The summed E-state index contributed by atoms with van der Waals surface area (Å²) < 4.78 is 5.11. The zero-order valence-electron chi connectivity index (χ0n) is 10.7. The van der Waals surface area contributed by atoms with E-state index >= 15 is 0 Å². The van der Waals surface area contributed by atoms with Crippen LogP contribution in [-0.4, -0.2) is 10.9 Å². The van der Waals surface area contributed by atoms with E-state index in [9.17, 15) is 4.79 Å². The van der Waals surface area contributed by atoms with Crippen molar-refractivity contribution in [2.45, 2.75) is 13.8 Å². The quantitative estimate of drug-likeness (QED) is 0.844. The number of aryl methyl sites for hydroxylation is 2. The standard InChI is InChI=1S/C14H14N2O2S/c1-8-4-3-5-11(12(8)13(15)19)16-14(17)10-6-7-18-9(10)2/h3-7H,1-2H3,(H2,15,19)(H,16,17). The molecule has 1 amide bonds. The second kappa shape index (κ2) is 5.24. The van der Waals surface area contributed by atoms with E-state index in [4.69, 9.17) is 22.4 Å². The maximum absolute atomic E-state index is 12.1. The number of nitrogens with two attached hydrogens (primary N) is 1. The Hall–Kier alpha value is -2.14. The molecule has 2 aromatic rings. The van der Waals surface area contributed by atoms with Crippen LogP contribution in [0, 0.1) is 13.8 Å². The third kappa shape index (κ3) is 2.66. The minimum Gasteiger partial charge on any atom is -0.469 e. The van der Waals surface area contributed by atoms with Crippen molar-refractivity contribution < 1.29 is 9.21 Å². The molecule has 0 fully saturated rings. The molecule has 19 heavy (non-hydrogen) atoms. The maximum atomic E-state index is 12.1. The molecule has 2 rings (SSSR count). The molecule has 1 heterocycles. The van der Waals surface area contributed by atoms with Gasteiger partial charge in [-0.2, -0.15) is 0 Å². The van der Waals surface area contributed by atoms with E-state index in [0.717, 1.165) is 5.56 Å². The van der Waals surface area contributed by atoms with E-state index in [2.05, 4.69) is 5.32 Å². The predicted octanol–water partition coefficient (Wildman–Crippen LogP) is 2.78. The number of amides is 1. The van der Waals surface area contributed by atoms with Crippen molar-refractivity contribution in [2.75, 3.05) is 5.32 Å². The Labute approximate surface area is 116 Å².